The first-order valence-corrected chi connectivity index (χ1v) is 13.2. The number of hydrogen-bond acceptors (Lipinski definition) is 6. The Morgan fingerprint density at radius 3 is 2.12 bits per heavy atom. The van der Waals surface area contributed by atoms with Gasteiger partial charge in [-0.25, -0.2) is 9.59 Å². The maximum Gasteiger partial charge on any atom is 0.349 e. The van der Waals surface area contributed by atoms with Crippen molar-refractivity contribution in [2.24, 2.45) is 0 Å². The van der Waals surface area contributed by atoms with Crippen LogP contribution in [0.2, 0.25) is 0 Å². The Morgan fingerprint density at radius 1 is 0.780 bits per heavy atom. The summed E-state index contributed by atoms with van der Waals surface area (Å²) in [5, 5.41) is 3.24. The molecule has 0 saturated carbocycles. The Kier molecular flexibility index (Phi) is 7.97. The van der Waals surface area contributed by atoms with Crippen molar-refractivity contribution in [3.63, 3.8) is 0 Å². The average molecular weight is 548 g/mol. The minimum atomic E-state index is -0.784. The summed E-state index contributed by atoms with van der Waals surface area (Å²) in [5.41, 5.74) is 2.34. The molecule has 1 amide bonds. The van der Waals surface area contributed by atoms with Gasteiger partial charge in [0.15, 0.2) is 6.61 Å². The van der Waals surface area contributed by atoms with E-state index in [1.165, 1.54) is 17.7 Å². The summed E-state index contributed by atoms with van der Waals surface area (Å²) in [5.74, 6) is -0.418. The lowest BCUT2D eigenvalue weighted by Gasteiger charge is -2.26. The van der Waals surface area contributed by atoms with Gasteiger partial charge in [-0.3, -0.25) is 4.79 Å². The third-order valence-electron chi connectivity index (χ3n) is 6.91. The van der Waals surface area contributed by atoms with E-state index in [-0.39, 0.29) is 35.5 Å². The van der Waals surface area contributed by atoms with Crippen molar-refractivity contribution < 1.29 is 23.5 Å². The molecule has 0 aliphatic carbocycles. The molecule has 1 heterocycles. The van der Waals surface area contributed by atoms with Crippen LogP contribution in [0.5, 0.6) is 11.5 Å². The van der Waals surface area contributed by atoms with Gasteiger partial charge in [-0.2, -0.15) is 0 Å². The summed E-state index contributed by atoms with van der Waals surface area (Å²) in [6.07, 6.45) is 0. The lowest BCUT2D eigenvalue weighted by molar-refractivity contribution is -0.136. The van der Waals surface area contributed by atoms with Gasteiger partial charge in [-0.05, 0) is 47.0 Å². The van der Waals surface area contributed by atoms with Crippen LogP contribution in [0.3, 0.4) is 0 Å². The maximum absolute atomic E-state index is 12.6. The zero-order valence-corrected chi connectivity index (χ0v) is 22.8. The van der Waals surface area contributed by atoms with Crippen LogP contribution in [0, 0.1) is 0 Å². The molecular weight excluding hydrogens is 518 g/mol. The van der Waals surface area contributed by atoms with Crippen LogP contribution in [-0.2, 0) is 16.8 Å². The van der Waals surface area contributed by atoms with Crippen LogP contribution in [0.25, 0.3) is 11.0 Å². The largest absolute Gasteiger partial charge is 0.482 e. The summed E-state index contributed by atoms with van der Waals surface area (Å²) < 4.78 is 16.4. The Bertz CT molecular complexity index is 1730. The first kappa shape index (κ1) is 27.4. The van der Waals surface area contributed by atoms with Crippen molar-refractivity contribution in [1.29, 1.82) is 0 Å². The van der Waals surface area contributed by atoms with Crippen molar-refractivity contribution in [2.75, 3.05) is 6.61 Å². The van der Waals surface area contributed by atoms with E-state index in [4.69, 9.17) is 13.9 Å². The molecule has 0 fully saturated rings. The summed E-state index contributed by atoms with van der Waals surface area (Å²) >= 11 is 0. The van der Waals surface area contributed by atoms with Crippen LogP contribution in [0.1, 0.15) is 40.9 Å². The predicted octanol–water partition coefficient (Wildman–Crippen LogP) is 6.03. The average Bonchev–Trinajstić information content (AvgIpc) is 2.99. The molecule has 7 nitrogen and oxygen atoms in total. The summed E-state index contributed by atoms with van der Waals surface area (Å²) in [6, 6.07) is 33.3. The number of hydrogen-bond donors (Lipinski definition) is 1. The number of fused-ring (bicyclic) bond motifs is 1. The molecule has 1 aromatic heterocycles. The lowest BCUT2D eigenvalue weighted by atomic mass is 9.78. The van der Waals surface area contributed by atoms with Crippen molar-refractivity contribution >= 4 is 22.8 Å². The number of nitrogens with one attached hydrogen (secondary N) is 1. The van der Waals surface area contributed by atoms with Crippen LogP contribution in [0.4, 0.5) is 0 Å². The molecule has 206 valence electrons. The van der Waals surface area contributed by atoms with Gasteiger partial charge in [-0.1, -0.05) is 86.6 Å². The van der Waals surface area contributed by atoms with E-state index < -0.39 is 17.5 Å². The SMILES string of the molecule is CC(C)(c1ccccc1)c1ccc(OCC(=O)Oc2ccc3cc(C(=O)NCc4ccccc4)c(=O)oc3c2)cc1. The zero-order chi connectivity index (χ0) is 28.8. The summed E-state index contributed by atoms with van der Waals surface area (Å²) in [6.45, 7) is 4.29. The first-order valence-electron chi connectivity index (χ1n) is 13.2. The molecule has 0 bridgehead atoms. The van der Waals surface area contributed by atoms with Crippen LogP contribution >= 0.6 is 0 Å². The van der Waals surface area contributed by atoms with E-state index in [0.717, 1.165) is 11.1 Å². The number of ether oxygens (including phenoxy) is 2. The second kappa shape index (κ2) is 11.9. The second-order valence-corrected chi connectivity index (χ2v) is 10.1. The number of carbonyl (C=O) groups is 2. The Labute approximate surface area is 237 Å². The van der Waals surface area contributed by atoms with Gasteiger partial charge in [0, 0.05) is 23.4 Å². The molecule has 5 rings (SSSR count). The highest BCUT2D eigenvalue weighted by molar-refractivity contribution is 5.96. The smallest absolute Gasteiger partial charge is 0.349 e. The van der Waals surface area contributed by atoms with E-state index in [1.807, 2.05) is 72.8 Å². The normalized spacial score (nSPS) is 11.2. The molecule has 0 radical (unpaired) electrons. The van der Waals surface area contributed by atoms with Gasteiger partial charge < -0.3 is 19.2 Å². The van der Waals surface area contributed by atoms with Crippen LogP contribution in [-0.4, -0.2) is 18.5 Å². The van der Waals surface area contributed by atoms with Crippen molar-refractivity contribution in [3.8, 4) is 11.5 Å². The van der Waals surface area contributed by atoms with Crippen LogP contribution < -0.4 is 20.4 Å². The number of esters is 1. The van der Waals surface area contributed by atoms with E-state index in [0.29, 0.717) is 11.1 Å². The van der Waals surface area contributed by atoms with Crippen LogP contribution in [0.15, 0.2) is 118 Å². The molecule has 0 aliphatic heterocycles. The number of amides is 1. The molecule has 0 aliphatic rings. The number of benzene rings is 4. The zero-order valence-electron chi connectivity index (χ0n) is 22.8. The molecule has 41 heavy (non-hydrogen) atoms. The fourth-order valence-corrected chi connectivity index (χ4v) is 4.48. The minimum Gasteiger partial charge on any atom is -0.482 e. The van der Waals surface area contributed by atoms with E-state index >= 15 is 0 Å². The van der Waals surface area contributed by atoms with Crippen molar-refractivity contribution in [1.82, 2.24) is 5.32 Å². The maximum atomic E-state index is 12.6. The Hall–Kier alpha value is -5.17. The second-order valence-electron chi connectivity index (χ2n) is 10.1. The van der Waals surface area contributed by atoms with Gasteiger partial charge in [-0.15, -0.1) is 0 Å². The fraction of sp³-hybridized carbons (Fsp3) is 0.147. The fourth-order valence-electron chi connectivity index (χ4n) is 4.48. The summed E-state index contributed by atoms with van der Waals surface area (Å²) in [4.78, 5) is 37.5. The Balaban J connectivity index is 1.18. The van der Waals surface area contributed by atoms with Gasteiger partial charge in [0.25, 0.3) is 5.91 Å². The van der Waals surface area contributed by atoms with E-state index in [1.54, 1.807) is 12.1 Å². The third kappa shape index (κ3) is 6.53. The van der Waals surface area contributed by atoms with E-state index in [9.17, 15) is 14.4 Å². The summed E-state index contributed by atoms with van der Waals surface area (Å²) in [7, 11) is 0. The first-order chi connectivity index (χ1) is 19.8. The van der Waals surface area contributed by atoms with Gasteiger partial charge in [0.1, 0.15) is 22.6 Å². The molecular formula is C34H29NO6. The topological polar surface area (TPSA) is 94.8 Å². The quantitative estimate of drug-likeness (QED) is 0.138. The molecule has 7 heteroatoms. The van der Waals surface area contributed by atoms with E-state index in [2.05, 4.69) is 31.3 Å². The molecule has 0 atom stereocenters. The lowest BCUT2D eigenvalue weighted by Crippen LogP contribution is -2.27. The molecule has 0 spiro atoms. The van der Waals surface area contributed by atoms with Crippen molar-refractivity contribution in [2.45, 2.75) is 25.8 Å². The van der Waals surface area contributed by atoms with Gasteiger partial charge >= 0.3 is 11.6 Å². The molecule has 4 aromatic carbocycles. The standard InChI is InChI=1S/C34H29NO6/c1-34(2,25-11-7-4-8-12-25)26-14-17-27(18-15-26)39-22-31(36)40-28-16-13-24-19-29(33(38)41-30(24)20-28)32(37)35-21-23-9-5-3-6-10-23/h3-20H,21-22H2,1-2H3,(H,35,37). The third-order valence-corrected chi connectivity index (χ3v) is 6.91. The highest BCUT2D eigenvalue weighted by atomic mass is 16.6. The predicted molar refractivity (Wildman–Crippen MR) is 156 cm³/mol. The molecule has 5 aromatic rings. The van der Waals surface area contributed by atoms with Gasteiger partial charge in [0.05, 0.1) is 0 Å². The molecule has 1 N–H and O–H groups in total. The minimum absolute atomic E-state index is 0.107. The Morgan fingerprint density at radius 2 is 1.41 bits per heavy atom. The molecule has 0 saturated heterocycles. The van der Waals surface area contributed by atoms with Crippen molar-refractivity contribution in [3.05, 3.63) is 142 Å². The highest BCUT2D eigenvalue weighted by Gasteiger charge is 2.22. The highest BCUT2D eigenvalue weighted by Crippen LogP contribution is 2.32. The number of rotatable bonds is 9. The monoisotopic (exact) mass is 547 g/mol. The number of carbonyl (C=O) groups excluding carboxylic acids is 2. The van der Waals surface area contributed by atoms with Gasteiger partial charge in [0.2, 0.25) is 0 Å². The molecule has 0 unspecified atom stereocenters.